The molecule has 3 aromatic rings. The number of anilines is 1. The van der Waals surface area contributed by atoms with E-state index in [9.17, 15) is 14.7 Å². The molecule has 0 aliphatic carbocycles. The lowest BCUT2D eigenvalue weighted by Gasteiger charge is -2.23. The van der Waals surface area contributed by atoms with Crippen LogP contribution in [0.5, 0.6) is 5.75 Å². The van der Waals surface area contributed by atoms with Gasteiger partial charge in [-0.3, -0.25) is 14.5 Å². The Labute approximate surface area is 190 Å². The number of benzene rings is 2. The molecule has 0 bridgehead atoms. The van der Waals surface area contributed by atoms with Gasteiger partial charge in [0.2, 0.25) is 5.13 Å². The summed E-state index contributed by atoms with van der Waals surface area (Å²) >= 11 is 1.26. The molecule has 0 radical (unpaired) electrons. The van der Waals surface area contributed by atoms with E-state index in [4.69, 9.17) is 4.74 Å². The molecule has 1 aliphatic heterocycles. The summed E-state index contributed by atoms with van der Waals surface area (Å²) < 4.78 is 5.62. The number of carbonyl (C=O) groups excluding carboxylic acids is 2. The van der Waals surface area contributed by atoms with Crippen LogP contribution in [0.1, 0.15) is 41.6 Å². The van der Waals surface area contributed by atoms with Crippen LogP contribution in [-0.4, -0.2) is 33.6 Å². The predicted octanol–water partition coefficient (Wildman–Crippen LogP) is 4.43. The van der Waals surface area contributed by atoms with E-state index in [2.05, 4.69) is 10.2 Å². The van der Waals surface area contributed by atoms with E-state index >= 15 is 0 Å². The molecule has 2 heterocycles. The molecule has 1 aliphatic rings. The maximum atomic E-state index is 13.2. The van der Waals surface area contributed by atoms with Gasteiger partial charge in [0.15, 0.2) is 0 Å². The number of rotatable bonds is 6. The van der Waals surface area contributed by atoms with Crippen LogP contribution < -0.4 is 9.64 Å². The molecule has 8 heteroatoms. The Bertz CT molecular complexity index is 1200. The molecular weight excluding hydrogens is 426 g/mol. The molecule has 1 unspecified atom stereocenters. The molecule has 2 aromatic carbocycles. The molecular formula is C24H23N3O4S. The SMILES string of the molecule is CCOc1cccc(C2/C(=C(\O)c3ccc(C)cc3)C(=O)C(=O)N2c2nnc(CC)s2)c1. The highest BCUT2D eigenvalue weighted by atomic mass is 32.1. The summed E-state index contributed by atoms with van der Waals surface area (Å²) in [4.78, 5) is 27.6. The van der Waals surface area contributed by atoms with E-state index in [0.29, 0.717) is 35.0 Å². The Balaban J connectivity index is 1.92. The minimum absolute atomic E-state index is 0.0146. The van der Waals surface area contributed by atoms with Crippen LogP contribution in [0.25, 0.3) is 5.76 Å². The van der Waals surface area contributed by atoms with E-state index in [0.717, 1.165) is 10.6 Å². The highest BCUT2D eigenvalue weighted by Crippen LogP contribution is 2.43. The summed E-state index contributed by atoms with van der Waals surface area (Å²) in [7, 11) is 0. The van der Waals surface area contributed by atoms with E-state index in [1.165, 1.54) is 16.2 Å². The Morgan fingerprint density at radius 2 is 1.88 bits per heavy atom. The zero-order chi connectivity index (χ0) is 22.8. The fourth-order valence-corrected chi connectivity index (χ4v) is 4.44. The maximum Gasteiger partial charge on any atom is 0.301 e. The third kappa shape index (κ3) is 3.89. The van der Waals surface area contributed by atoms with Crippen molar-refractivity contribution in [2.45, 2.75) is 33.2 Å². The summed E-state index contributed by atoms with van der Waals surface area (Å²) in [5.74, 6) is -1.12. The number of aromatic nitrogens is 2. The van der Waals surface area contributed by atoms with Gasteiger partial charge in [0, 0.05) is 5.56 Å². The van der Waals surface area contributed by atoms with Gasteiger partial charge in [0.05, 0.1) is 18.2 Å². The number of amides is 1. The summed E-state index contributed by atoms with van der Waals surface area (Å²) in [6, 6.07) is 13.5. The Hall–Kier alpha value is -3.52. The molecule has 1 fully saturated rings. The van der Waals surface area contributed by atoms with E-state index in [1.54, 1.807) is 36.4 Å². The van der Waals surface area contributed by atoms with Crippen molar-refractivity contribution in [2.75, 3.05) is 11.5 Å². The number of Topliss-reactive ketones (excluding diaryl/α,β-unsaturated/α-hetero) is 1. The van der Waals surface area contributed by atoms with Gasteiger partial charge in [0.25, 0.3) is 5.78 Å². The lowest BCUT2D eigenvalue weighted by atomic mass is 9.95. The molecule has 1 atom stereocenters. The number of nitrogens with zero attached hydrogens (tertiary/aromatic N) is 3. The van der Waals surface area contributed by atoms with Crippen molar-refractivity contribution in [1.29, 1.82) is 0 Å². The average Bonchev–Trinajstić information content (AvgIpc) is 3.37. The van der Waals surface area contributed by atoms with Crippen molar-refractivity contribution in [3.05, 3.63) is 75.8 Å². The summed E-state index contributed by atoms with van der Waals surface area (Å²) in [6.45, 7) is 6.23. The number of ether oxygens (including phenoxy) is 1. The van der Waals surface area contributed by atoms with Crippen molar-refractivity contribution in [3.63, 3.8) is 0 Å². The number of aliphatic hydroxyl groups is 1. The Morgan fingerprint density at radius 1 is 1.12 bits per heavy atom. The summed E-state index contributed by atoms with van der Waals surface area (Å²) in [5.41, 5.74) is 2.13. The van der Waals surface area contributed by atoms with Gasteiger partial charge in [-0.1, -0.05) is 60.2 Å². The van der Waals surface area contributed by atoms with Crippen LogP contribution in [-0.2, 0) is 16.0 Å². The highest BCUT2D eigenvalue weighted by Gasteiger charge is 2.48. The fourth-order valence-electron chi connectivity index (χ4n) is 3.64. The molecule has 7 nitrogen and oxygen atoms in total. The maximum absolute atomic E-state index is 13.2. The first kappa shape index (κ1) is 21.7. The van der Waals surface area contributed by atoms with Crippen LogP contribution in [0.4, 0.5) is 5.13 Å². The smallest absolute Gasteiger partial charge is 0.301 e. The Kier molecular flexibility index (Phi) is 6.05. The van der Waals surface area contributed by atoms with Gasteiger partial charge < -0.3 is 9.84 Å². The largest absolute Gasteiger partial charge is 0.507 e. The zero-order valence-corrected chi connectivity index (χ0v) is 18.8. The number of carbonyl (C=O) groups is 2. The molecule has 1 saturated heterocycles. The fraction of sp³-hybridized carbons (Fsp3) is 0.250. The third-order valence-corrected chi connectivity index (χ3v) is 6.29. The number of aryl methyl sites for hydroxylation is 2. The first-order chi connectivity index (χ1) is 15.4. The zero-order valence-electron chi connectivity index (χ0n) is 18.0. The molecule has 1 aromatic heterocycles. The van der Waals surface area contributed by atoms with Crippen molar-refractivity contribution in [2.24, 2.45) is 0 Å². The molecule has 0 saturated carbocycles. The lowest BCUT2D eigenvalue weighted by molar-refractivity contribution is -0.132. The van der Waals surface area contributed by atoms with Crippen LogP contribution in [0, 0.1) is 6.92 Å². The summed E-state index contributed by atoms with van der Waals surface area (Å²) in [6.07, 6.45) is 0.662. The van der Waals surface area contributed by atoms with Crippen LogP contribution in [0.15, 0.2) is 54.1 Å². The Morgan fingerprint density at radius 3 is 2.53 bits per heavy atom. The molecule has 164 valence electrons. The van der Waals surface area contributed by atoms with Crippen molar-refractivity contribution in [1.82, 2.24) is 10.2 Å². The van der Waals surface area contributed by atoms with Gasteiger partial charge >= 0.3 is 5.91 Å². The summed E-state index contributed by atoms with van der Waals surface area (Å²) in [5, 5.41) is 20.5. The van der Waals surface area contributed by atoms with Crippen LogP contribution in [0.3, 0.4) is 0 Å². The average molecular weight is 450 g/mol. The first-order valence-corrected chi connectivity index (χ1v) is 11.2. The molecule has 1 amide bonds. The van der Waals surface area contributed by atoms with E-state index in [-0.39, 0.29) is 11.3 Å². The van der Waals surface area contributed by atoms with Gasteiger partial charge in [0.1, 0.15) is 16.5 Å². The number of ketones is 1. The van der Waals surface area contributed by atoms with Gasteiger partial charge in [-0.15, -0.1) is 10.2 Å². The number of hydrogen-bond acceptors (Lipinski definition) is 7. The molecule has 4 rings (SSSR count). The van der Waals surface area contributed by atoms with E-state index in [1.807, 2.05) is 32.9 Å². The van der Waals surface area contributed by atoms with Gasteiger partial charge in [-0.25, -0.2) is 0 Å². The minimum atomic E-state index is -0.852. The van der Waals surface area contributed by atoms with Crippen molar-refractivity contribution in [3.8, 4) is 5.75 Å². The van der Waals surface area contributed by atoms with Crippen LogP contribution >= 0.6 is 11.3 Å². The lowest BCUT2D eigenvalue weighted by Crippen LogP contribution is -2.29. The molecule has 0 spiro atoms. The second kappa shape index (κ2) is 8.92. The second-order valence-corrected chi connectivity index (χ2v) is 8.41. The molecule has 1 N–H and O–H groups in total. The van der Waals surface area contributed by atoms with Gasteiger partial charge in [-0.05, 0) is 38.0 Å². The number of aliphatic hydroxyl groups excluding tert-OH is 1. The third-order valence-electron chi connectivity index (χ3n) is 5.22. The first-order valence-electron chi connectivity index (χ1n) is 10.4. The topological polar surface area (TPSA) is 92.6 Å². The monoisotopic (exact) mass is 449 g/mol. The molecule has 32 heavy (non-hydrogen) atoms. The van der Waals surface area contributed by atoms with Crippen molar-refractivity contribution < 1.29 is 19.4 Å². The van der Waals surface area contributed by atoms with Crippen LogP contribution in [0.2, 0.25) is 0 Å². The second-order valence-electron chi connectivity index (χ2n) is 7.37. The predicted molar refractivity (Wildman–Crippen MR) is 123 cm³/mol. The quantitative estimate of drug-likeness (QED) is 0.340. The van der Waals surface area contributed by atoms with Crippen molar-refractivity contribution >= 4 is 33.9 Å². The number of hydrogen-bond donors (Lipinski definition) is 1. The van der Waals surface area contributed by atoms with Gasteiger partial charge in [-0.2, -0.15) is 0 Å². The minimum Gasteiger partial charge on any atom is -0.507 e. The normalized spacial score (nSPS) is 17.7. The highest BCUT2D eigenvalue weighted by molar-refractivity contribution is 7.15. The standard InChI is InChI=1S/C24H23N3O4S/c1-4-18-25-26-24(32-18)27-20(16-7-6-8-17(13-16)31-5-2)19(22(29)23(27)30)21(28)15-11-9-14(3)10-12-15/h6-13,20,28H,4-5H2,1-3H3/b21-19+. The van der Waals surface area contributed by atoms with E-state index < -0.39 is 17.7 Å².